The number of ether oxygens (including phenoxy) is 1. The van der Waals surface area contributed by atoms with Crippen molar-refractivity contribution in [2.75, 3.05) is 13.2 Å². The lowest BCUT2D eigenvalue weighted by atomic mass is 9.52. The third-order valence-electron chi connectivity index (χ3n) is 6.99. The van der Waals surface area contributed by atoms with Crippen LogP contribution in [-0.4, -0.2) is 35.6 Å². The Balaban J connectivity index is 1.60. The van der Waals surface area contributed by atoms with Crippen LogP contribution in [0.4, 0.5) is 0 Å². The molecule has 126 valence electrons. The molecule has 0 radical (unpaired) electrons. The van der Waals surface area contributed by atoms with Crippen LogP contribution >= 0.6 is 0 Å². The molecule has 1 heterocycles. The predicted molar refractivity (Wildman–Crippen MR) is 86.4 cm³/mol. The molecule has 5 aliphatic rings. The van der Waals surface area contributed by atoms with E-state index in [0.29, 0.717) is 19.6 Å². The molecule has 4 nitrogen and oxygen atoms in total. The zero-order valence-corrected chi connectivity index (χ0v) is 14.2. The van der Waals surface area contributed by atoms with E-state index in [0.717, 1.165) is 24.2 Å². The van der Waals surface area contributed by atoms with Crippen LogP contribution in [-0.2, 0) is 9.53 Å². The molecule has 1 saturated heterocycles. The summed E-state index contributed by atoms with van der Waals surface area (Å²) in [6.45, 7) is 3.34. The zero-order chi connectivity index (χ0) is 16.0. The highest BCUT2D eigenvalue weighted by atomic mass is 16.5. The monoisotopic (exact) mass is 316 g/mol. The summed E-state index contributed by atoms with van der Waals surface area (Å²) in [5.41, 5.74) is 0.0605. The molecule has 0 aromatic heterocycles. The number of carbonyl (C=O) groups excluding carboxylic acids is 1. The summed E-state index contributed by atoms with van der Waals surface area (Å²) in [6, 6.07) is 2.26. The minimum Gasteiger partial charge on any atom is -0.378 e. The van der Waals surface area contributed by atoms with Gasteiger partial charge in [-0.2, -0.15) is 5.26 Å². The quantitative estimate of drug-likeness (QED) is 0.800. The van der Waals surface area contributed by atoms with Crippen LogP contribution in [0.3, 0.4) is 0 Å². The average molecular weight is 316 g/mol. The van der Waals surface area contributed by atoms with Gasteiger partial charge in [0, 0.05) is 18.7 Å². The molecule has 23 heavy (non-hydrogen) atoms. The van der Waals surface area contributed by atoms with Crippen molar-refractivity contribution < 1.29 is 9.53 Å². The van der Waals surface area contributed by atoms with Crippen LogP contribution in [0.5, 0.6) is 0 Å². The lowest BCUT2D eigenvalue weighted by molar-refractivity contribution is -0.156. The lowest BCUT2D eigenvalue weighted by Gasteiger charge is -2.60. The Morgan fingerprint density at radius 1 is 1.22 bits per heavy atom. The number of carbonyl (C=O) groups is 1. The van der Waals surface area contributed by atoms with E-state index in [1.165, 1.54) is 38.5 Å². The van der Waals surface area contributed by atoms with E-state index in [1.807, 2.05) is 6.92 Å². The van der Waals surface area contributed by atoms with Gasteiger partial charge in [-0.15, -0.1) is 0 Å². The maximum atomic E-state index is 13.3. The topological polar surface area (TPSA) is 53.3 Å². The summed E-state index contributed by atoms with van der Waals surface area (Å²) >= 11 is 0. The molecule has 0 spiro atoms. The Labute approximate surface area is 139 Å². The maximum Gasteiger partial charge on any atom is 0.228 e. The minimum absolute atomic E-state index is 0.00157. The molecule has 5 fully saturated rings. The molecule has 0 aromatic carbocycles. The Morgan fingerprint density at radius 2 is 1.83 bits per heavy atom. The molecule has 4 bridgehead atoms. The van der Waals surface area contributed by atoms with E-state index in [9.17, 15) is 4.79 Å². The van der Waals surface area contributed by atoms with Crippen molar-refractivity contribution in [1.82, 2.24) is 4.90 Å². The smallest absolute Gasteiger partial charge is 0.228 e. The molecule has 1 aliphatic heterocycles. The summed E-state index contributed by atoms with van der Waals surface area (Å²) in [6.07, 6.45) is 8.99. The average Bonchev–Trinajstić information content (AvgIpc) is 2.92. The number of nitrogens with zero attached hydrogens (tertiary/aromatic N) is 2. The summed E-state index contributed by atoms with van der Waals surface area (Å²) in [5.74, 6) is 2.72. The van der Waals surface area contributed by atoms with Gasteiger partial charge in [-0.1, -0.05) is 0 Å². The molecule has 1 amide bonds. The molecule has 0 N–H and O–H groups in total. The molecule has 2 atom stereocenters. The van der Waals surface area contributed by atoms with Gasteiger partial charge < -0.3 is 9.64 Å². The fourth-order valence-electron chi connectivity index (χ4n) is 6.39. The molecule has 2 unspecified atom stereocenters. The maximum absolute atomic E-state index is 13.3. The van der Waals surface area contributed by atoms with Crippen LogP contribution in [0.25, 0.3) is 0 Å². The van der Waals surface area contributed by atoms with Crippen molar-refractivity contribution in [2.24, 2.45) is 23.7 Å². The Bertz CT molecular complexity index is 489. The van der Waals surface area contributed by atoms with Gasteiger partial charge in [-0.25, -0.2) is 0 Å². The normalized spacial score (nSPS) is 44.3. The van der Waals surface area contributed by atoms with Gasteiger partial charge in [0.25, 0.3) is 0 Å². The van der Waals surface area contributed by atoms with Gasteiger partial charge in [0.1, 0.15) is 0 Å². The van der Waals surface area contributed by atoms with E-state index >= 15 is 0 Å². The third-order valence-corrected chi connectivity index (χ3v) is 6.99. The first-order valence-corrected chi connectivity index (χ1v) is 9.41. The molecule has 0 aromatic rings. The van der Waals surface area contributed by atoms with Crippen LogP contribution in [0.1, 0.15) is 58.3 Å². The second-order valence-electron chi connectivity index (χ2n) is 8.51. The van der Waals surface area contributed by atoms with Crippen molar-refractivity contribution in [2.45, 2.75) is 69.9 Å². The van der Waals surface area contributed by atoms with E-state index in [1.54, 1.807) is 0 Å². The van der Waals surface area contributed by atoms with Crippen LogP contribution < -0.4 is 0 Å². The Hall–Kier alpha value is -1.08. The van der Waals surface area contributed by atoms with E-state index < -0.39 is 0 Å². The largest absolute Gasteiger partial charge is 0.378 e. The molecule has 4 saturated carbocycles. The SMILES string of the molecule is CC1OCCC1C(=O)N(CCC#N)C12CC3CC(CC(C3)C1)C2. The van der Waals surface area contributed by atoms with E-state index in [-0.39, 0.29) is 23.5 Å². The number of hydrogen-bond acceptors (Lipinski definition) is 3. The Kier molecular flexibility index (Phi) is 3.88. The number of amides is 1. The number of hydrogen-bond donors (Lipinski definition) is 0. The fourth-order valence-corrected chi connectivity index (χ4v) is 6.39. The van der Waals surface area contributed by atoms with Gasteiger partial charge in [-0.3, -0.25) is 4.79 Å². The van der Waals surface area contributed by atoms with Gasteiger partial charge in [0.2, 0.25) is 5.91 Å². The van der Waals surface area contributed by atoms with Crippen molar-refractivity contribution in [1.29, 1.82) is 5.26 Å². The highest BCUT2D eigenvalue weighted by molar-refractivity contribution is 5.80. The molecule has 4 heteroatoms. The van der Waals surface area contributed by atoms with E-state index in [4.69, 9.17) is 10.00 Å². The third kappa shape index (κ3) is 2.58. The van der Waals surface area contributed by atoms with Crippen molar-refractivity contribution in [3.05, 3.63) is 0 Å². The second kappa shape index (κ2) is 5.77. The summed E-state index contributed by atoms with van der Waals surface area (Å²) in [4.78, 5) is 15.5. The van der Waals surface area contributed by atoms with Gasteiger partial charge in [0.05, 0.1) is 24.5 Å². The first-order chi connectivity index (χ1) is 11.1. The molecule has 5 rings (SSSR count). The summed E-state index contributed by atoms with van der Waals surface area (Å²) in [7, 11) is 0. The Morgan fingerprint density at radius 3 is 2.30 bits per heavy atom. The van der Waals surface area contributed by atoms with Crippen LogP contribution in [0.2, 0.25) is 0 Å². The van der Waals surface area contributed by atoms with Gasteiger partial charge >= 0.3 is 0 Å². The molecular formula is C19H28N2O2. The predicted octanol–water partition coefficient (Wildman–Crippen LogP) is 3.12. The van der Waals surface area contributed by atoms with Crippen LogP contribution in [0.15, 0.2) is 0 Å². The molecular weight excluding hydrogens is 288 g/mol. The van der Waals surface area contributed by atoms with Gasteiger partial charge in [-0.05, 0) is 69.6 Å². The lowest BCUT2D eigenvalue weighted by Crippen LogP contribution is -2.62. The number of rotatable bonds is 4. The first kappa shape index (κ1) is 15.4. The molecule has 4 aliphatic carbocycles. The zero-order valence-electron chi connectivity index (χ0n) is 14.2. The van der Waals surface area contributed by atoms with Crippen molar-refractivity contribution in [3.8, 4) is 6.07 Å². The van der Waals surface area contributed by atoms with Crippen molar-refractivity contribution >= 4 is 5.91 Å². The first-order valence-electron chi connectivity index (χ1n) is 9.41. The minimum atomic E-state index is 0.00157. The highest BCUT2D eigenvalue weighted by Gasteiger charge is 2.55. The number of nitriles is 1. The van der Waals surface area contributed by atoms with Crippen molar-refractivity contribution in [3.63, 3.8) is 0 Å². The summed E-state index contributed by atoms with van der Waals surface area (Å²) < 4.78 is 5.65. The van der Waals surface area contributed by atoms with Gasteiger partial charge in [0.15, 0.2) is 0 Å². The summed E-state index contributed by atoms with van der Waals surface area (Å²) in [5, 5.41) is 9.08. The second-order valence-corrected chi connectivity index (χ2v) is 8.51. The standard InChI is InChI=1S/C19H28N2O2/c1-13-17(3-6-23-13)18(22)21(5-2-4-20)19-10-14-7-15(11-19)9-16(8-14)12-19/h13-17H,2-3,5-12H2,1H3. The fraction of sp³-hybridized carbons (Fsp3) is 0.895. The van der Waals surface area contributed by atoms with Crippen LogP contribution in [0, 0.1) is 35.0 Å². The highest BCUT2D eigenvalue weighted by Crippen LogP contribution is 2.58. The van der Waals surface area contributed by atoms with E-state index in [2.05, 4.69) is 11.0 Å².